The summed E-state index contributed by atoms with van der Waals surface area (Å²) in [6.45, 7) is 0. The summed E-state index contributed by atoms with van der Waals surface area (Å²) in [4.78, 5) is 27.4. The van der Waals surface area contributed by atoms with E-state index in [4.69, 9.17) is 20.6 Å². The van der Waals surface area contributed by atoms with Gasteiger partial charge < -0.3 is 15.4 Å². The van der Waals surface area contributed by atoms with Gasteiger partial charge in [-0.05, 0) is 24.1 Å². The van der Waals surface area contributed by atoms with Crippen LogP contribution in [0.3, 0.4) is 0 Å². The molecule has 0 fully saturated rings. The first-order chi connectivity index (χ1) is 8.60. The number of phosphoric acid groups is 1. The van der Waals surface area contributed by atoms with Crippen molar-refractivity contribution in [3.8, 4) is 5.75 Å². The number of hydrogen-bond acceptors (Lipinski definition) is 4. The van der Waals surface area contributed by atoms with Crippen molar-refractivity contribution in [2.75, 3.05) is 0 Å². The molecule has 1 aromatic rings. The molecule has 0 heterocycles. The summed E-state index contributed by atoms with van der Waals surface area (Å²) >= 11 is 0. The zero-order valence-electron chi connectivity index (χ0n) is 9.29. The Morgan fingerprint density at radius 1 is 1.37 bits per heavy atom. The molecular formula is C9H10F2NO6P. The van der Waals surface area contributed by atoms with Gasteiger partial charge >= 0.3 is 13.8 Å². The second kappa shape index (κ2) is 5.62. The van der Waals surface area contributed by atoms with Gasteiger partial charge in [0.15, 0.2) is 11.6 Å². The lowest BCUT2D eigenvalue weighted by Crippen LogP contribution is -2.32. The minimum absolute atomic E-state index is 0.0806. The molecule has 0 unspecified atom stereocenters. The number of rotatable bonds is 5. The van der Waals surface area contributed by atoms with Gasteiger partial charge in [-0.15, -0.1) is 0 Å². The van der Waals surface area contributed by atoms with Gasteiger partial charge in [-0.1, -0.05) is 0 Å². The molecule has 0 aliphatic carbocycles. The number of carboxylic acids is 1. The molecule has 0 spiro atoms. The van der Waals surface area contributed by atoms with E-state index in [1.807, 2.05) is 0 Å². The molecule has 10 heteroatoms. The van der Waals surface area contributed by atoms with Crippen LogP contribution in [0.25, 0.3) is 0 Å². The van der Waals surface area contributed by atoms with Crippen LogP contribution >= 0.6 is 7.82 Å². The van der Waals surface area contributed by atoms with Crippen LogP contribution in [0.2, 0.25) is 0 Å². The second-order valence-corrected chi connectivity index (χ2v) is 4.78. The number of halogens is 2. The van der Waals surface area contributed by atoms with Gasteiger partial charge in [0.1, 0.15) is 6.04 Å². The van der Waals surface area contributed by atoms with Crippen LogP contribution in [0.5, 0.6) is 5.75 Å². The summed E-state index contributed by atoms with van der Waals surface area (Å²) in [5.41, 5.74) is 5.11. The summed E-state index contributed by atoms with van der Waals surface area (Å²) in [6.07, 6.45) is -0.348. The standard InChI is InChI=1S/C9H10F2NO6P/c10-5-1-4(3-7(12)9(13)14)2-6(11)8(5)18-19(15,16)17/h1-2,7H,3,12H2,(H,13,14)(H2,15,16,17)/t7-/m0/s1. The quantitative estimate of drug-likeness (QED) is 0.578. The normalized spacial score (nSPS) is 13.1. The molecular weight excluding hydrogens is 287 g/mol. The summed E-state index contributed by atoms with van der Waals surface area (Å²) in [6, 6.07) is 0.0284. The van der Waals surface area contributed by atoms with Crippen LogP contribution in [-0.2, 0) is 15.8 Å². The summed E-state index contributed by atoms with van der Waals surface area (Å²) in [5, 5.41) is 8.55. The fourth-order valence-corrected chi connectivity index (χ4v) is 1.69. The number of phosphoric ester groups is 1. The Morgan fingerprint density at radius 3 is 2.21 bits per heavy atom. The maximum absolute atomic E-state index is 13.4. The third kappa shape index (κ3) is 4.56. The zero-order chi connectivity index (χ0) is 14.8. The molecule has 0 radical (unpaired) electrons. The fraction of sp³-hybridized carbons (Fsp3) is 0.222. The highest BCUT2D eigenvalue weighted by molar-refractivity contribution is 7.46. The van der Waals surface area contributed by atoms with E-state index in [0.717, 1.165) is 0 Å². The summed E-state index contributed by atoms with van der Waals surface area (Å²) in [7, 11) is -5.10. The molecule has 0 aliphatic heterocycles. The zero-order valence-corrected chi connectivity index (χ0v) is 10.2. The van der Waals surface area contributed by atoms with Crippen molar-refractivity contribution in [3.05, 3.63) is 29.3 Å². The number of aliphatic carboxylic acids is 1. The molecule has 1 rings (SSSR count). The summed E-state index contributed by atoms with van der Waals surface area (Å²) in [5.74, 6) is -5.32. The molecule has 0 amide bonds. The van der Waals surface area contributed by atoms with Crippen molar-refractivity contribution in [2.24, 2.45) is 5.73 Å². The van der Waals surface area contributed by atoms with E-state index >= 15 is 0 Å². The summed E-state index contributed by atoms with van der Waals surface area (Å²) < 4.78 is 41.1. The molecule has 0 bridgehead atoms. The number of nitrogens with two attached hydrogens (primary N) is 1. The smallest absolute Gasteiger partial charge is 0.480 e. The molecule has 1 aromatic carbocycles. The van der Waals surface area contributed by atoms with E-state index in [2.05, 4.69) is 4.52 Å². The monoisotopic (exact) mass is 297 g/mol. The Balaban J connectivity index is 3.03. The van der Waals surface area contributed by atoms with Crippen LogP contribution in [0.4, 0.5) is 8.78 Å². The Labute approximate surface area is 105 Å². The van der Waals surface area contributed by atoms with E-state index in [1.165, 1.54) is 0 Å². The van der Waals surface area contributed by atoms with Crippen LogP contribution in [-0.4, -0.2) is 26.9 Å². The first-order valence-corrected chi connectivity index (χ1v) is 6.34. The molecule has 1 atom stereocenters. The molecule has 19 heavy (non-hydrogen) atoms. The number of benzene rings is 1. The molecule has 106 valence electrons. The Bertz CT molecular complexity index is 523. The third-order valence-corrected chi connectivity index (χ3v) is 2.46. The van der Waals surface area contributed by atoms with Crippen molar-refractivity contribution < 1.29 is 37.6 Å². The molecule has 7 nitrogen and oxygen atoms in total. The van der Waals surface area contributed by atoms with E-state index in [-0.39, 0.29) is 12.0 Å². The van der Waals surface area contributed by atoms with Crippen molar-refractivity contribution in [2.45, 2.75) is 12.5 Å². The van der Waals surface area contributed by atoms with Gasteiger partial charge in [-0.3, -0.25) is 14.6 Å². The molecule has 0 saturated heterocycles. The second-order valence-electron chi connectivity index (χ2n) is 3.62. The Hall–Kier alpha value is -1.54. The molecule has 0 aromatic heterocycles. The average Bonchev–Trinajstić information content (AvgIpc) is 2.22. The molecule has 5 N–H and O–H groups in total. The maximum Gasteiger partial charge on any atom is 0.525 e. The highest BCUT2D eigenvalue weighted by atomic mass is 31.2. The number of hydrogen-bond donors (Lipinski definition) is 4. The van der Waals surface area contributed by atoms with Crippen LogP contribution in [0.1, 0.15) is 5.56 Å². The largest absolute Gasteiger partial charge is 0.525 e. The van der Waals surface area contributed by atoms with Gasteiger partial charge in [0.2, 0.25) is 5.75 Å². The highest BCUT2D eigenvalue weighted by Crippen LogP contribution is 2.40. The SMILES string of the molecule is N[C@@H](Cc1cc(F)c(OP(=O)(O)O)c(F)c1)C(=O)O. The maximum atomic E-state index is 13.4. The molecule has 0 saturated carbocycles. The van der Waals surface area contributed by atoms with Crippen LogP contribution in [0, 0.1) is 11.6 Å². The van der Waals surface area contributed by atoms with E-state index < -0.39 is 37.2 Å². The molecule has 0 aliphatic rings. The van der Waals surface area contributed by atoms with Gasteiger partial charge in [0.05, 0.1) is 0 Å². The predicted octanol–water partition coefficient (Wildman–Crippen LogP) is 0.391. The van der Waals surface area contributed by atoms with Crippen LogP contribution < -0.4 is 10.3 Å². The Kier molecular flexibility index (Phi) is 4.59. The van der Waals surface area contributed by atoms with Gasteiger partial charge in [0, 0.05) is 0 Å². The minimum atomic E-state index is -5.10. The van der Waals surface area contributed by atoms with E-state index in [9.17, 15) is 18.1 Å². The lowest BCUT2D eigenvalue weighted by atomic mass is 10.1. The number of carboxylic acid groups (broad SMARTS) is 1. The Morgan fingerprint density at radius 2 is 1.84 bits per heavy atom. The average molecular weight is 297 g/mol. The third-order valence-electron chi connectivity index (χ3n) is 2.04. The van der Waals surface area contributed by atoms with Gasteiger partial charge in [-0.25, -0.2) is 13.3 Å². The van der Waals surface area contributed by atoms with Crippen molar-refractivity contribution in [1.82, 2.24) is 0 Å². The van der Waals surface area contributed by atoms with E-state index in [1.54, 1.807) is 0 Å². The predicted molar refractivity (Wildman–Crippen MR) is 58.3 cm³/mol. The first kappa shape index (κ1) is 15.5. The van der Waals surface area contributed by atoms with Gasteiger partial charge in [0.25, 0.3) is 0 Å². The fourth-order valence-electron chi connectivity index (χ4n) is 1.28. The highest BCUT2D eigenvalue weighted by Gasteiger charge is 2.23. The number of carbonyl (C=O) groups is 1. The minimum Gasteiger partial charge on any atom is -0.480 e. The van der Waals surface area contributed by atoms with Crippen LogP contribution in [0.15, 0.2) is 12.1 Å². The lowest BCUT2D eigenvalue weighted by Gasteiger charge is -2.11. The first-order valence-electron chi connectivity index (χ1n) is 4.81. The lowest BCUT2D eigenvalue weighted by molar-refractivity contribution is -0.138. The van der Waals surface area contributed by atoms with Gasteiger partial charge in [-0.2, -0.15) is 0 Å². The van der Waals surface area contributed by atoms with Crippen molar-refractivity contribution in [1.29, 1.82) is 0 Å². The van der Waals surface area contributed by atoms with E-state index in [0.29, 0.717) is 12.1 Å². The topological polar surface area (TPSA) is 130 Å². The van der Waals surface area contributed by atoms with Crippen molar-refractivity contribution in [3.63, 3.8) is 0 Å². The van der Waals surface area contributed by atoms with Crippen molar-refractivity contribution >= 4 is 13.8 Å².